The molecule has 0 saturated carbocycles. The van der Waals surface area contributed by atoms with Crippen LogP contribution in [0.5, 0.6) is 0 Å². The molecule has 0 aliphatic carbocycles. The van der Waals surface area contributed by atoms with Gasteiger partial charge in [0, 0.05) is 29.4 Å². The molecule has 160 valence electrons. The third kappa shape index (κ3) is 5.56. The number of carbonyl (C=O) groups is 1. The molecule has 0 fully saturated rings. The number of hydrogen-bond acceptors (Lipinski definition) is 5. The molecular formula is C25H26ClN3O2. The van der Waals surface area contributed by atoms with Crippen molar-refractivity contribution in [3.63, 3.8) is 0 Å². The van der Waals surface area contributed by atoms with Crippen molar-refractivity contribution < 1.29 is 9.53 Å². The molecule has 0 amide bonds. The van der Waals surface area contributed by atoms with Crippen LogP contribution in [0.4, 0.5) is 0 Å². The molecule has 5 nitrogen and oxygen atoms in total. The van der Waals surface area contributed by atoms with Gasteiger partial charge in [-0.3, -0.25) is 15.0 Å². The highest BCUT2D eigenvalue weighted by molar-refractivity contribution is 6.20. The van der Waals surface area contributed by atoms with Gasteiger partial charge in [0.1, 0.15) is 0 Å². The summed E-state index contributed by atoms with van der Waals surface area (Å²) in [6.45, 7) is 5.80. The molecule has 3 unspecified atom stereocenters. The van der Waals surface area contributed by atoms with E-state index >= 15 is 0 Å². The molecule has 0 spiro atoms. The number of aliphatic imine (C=N–C) groups is 1. The summed E-state index contributed by atoms with van der Waals surface area (Å²) in [5, 5.41) is -0.347. The van der Waals surface area contributed by atoms with Crippen molar-refractivity contribution in [1.82, 2.24) is 9.97 Å². The molecule has 1 aromatic heterocycles. The summed E-state index contributed by atoms with van der Waals surface area (Å²) in [4.78, 5) is 26.8. The van der Waals surface area contributed by atoms with Crippen molar-refractivity contribution in [1.29, 1.82) is 0 Å². The fourth-order valence-electron chi connectivity index (χ4n) is 3.41. The summed E-state index contributed by atoms with van der Waals surface area (Å²) in [7, 11) is 0. The lowest BCUT2D eigenvalue weighted by Crippen LogP contribution is -2.30. The Morgan fingerprint density at radius 1 is 0.935 bits per heavy atom. The zero-order valence-electron chi connectivity index (χ0n) is 17.9. The molecular weight excluding hydrogens is 410 g/mol. The van der Waals surface area contributed by atoms with Gasteiger partial charge in [0.15, 0.2) is 6.04 Å². The zero-order valence-corrected chi connectivity index (χ0v) is 18.7. The smallest absolute Gasteiger partial charge is 0.331 e. The maximum Gasteiger partial charge on any atom is 0.331 e. The number of carbonyl (C=O) groups excluding carboxylic acids is 1. The number of ether oxygens (including phenoxy) is 1. The third-order valence-electron chi connectivity index (χ3n) is 4.93. The van der Waals surface area contributed by atoms with Crippen molar-refractivity contribution in [3.8, 4) is 0 Å². The molecule has 0 aliphatic heterocycles. The van der Waals surface area contributed by atoms with Crippen molar-refractivity contribution in [3.05, 3.63) is 95.6 Å². The van der Waals surface area contributed by atoms with Crippen LogP contribution in [-0.4, -0.2) is 34.3 Å². The summed E-state index contributed by atoms with van der Waals surface area (Å²) >= 11 is 6.34. The van der Waals surface area contributed by atoms with Crippen LogP contribution in [0.1, 0.15) is 54.6 Å². The second-order valence-corrected chi connectivity index (χ2v) is 7.79. The van der Waals surface area contributed by atoms with Crippen LogP contribution in [0.25, 0.3) is 0 Å². The topological polar surface area (TPSA) is 64.4 Å². The van der Waals surface area contributed by atoms with E-state index in [2.05, 4.69) is 9.97 Å². The first-order valence-corrected chi connectivity index (χ1v) is 10.8. The minimum Gasteiger partial charge on any atom is -0.464 e. The summed E-state index contributed by atoms with van der Waals surface area (Å²) in [5.41, 5.74) is 3.84. The molecule has 0 radical (unpaired) electrons. The van der Waals surface area contributed by atoms with Crippen LogP contribution in [0.3, 0.4) is 0 Å². The monoisotopic (exact) mass is 435 g/mol. The minimum atomic E-state index is -0.804. The van der Waals surface area contributed by atoms with E-state index in [0.29, 0.717) is 11.4 Å². The van der Waals surface area contributed by atoms with Crippen molar-refractivity contribution in [2.45, 2.75) is 38.1 Å². The molecule has 1 heterocycles. The SMILES string of the molecule is CCOC(=O)C(N=C(c1ccccc1)c1ccccc1)C(C)c1nccnc1C(C)Cl. The summed E-state index contributed by atoms with van der Waals surface area (Å²) in [6, 6.07) is 18.8. The molecule has 0 bridgehead atoms. The largest absolute Gasteiger partial charge is 0.464 e. The van der Waals surface area contributed by atoms with Crippen molar-refractivity contribution in [2.24, 2.45) is 4.99 Å². The van der Waals surface area contributed by atoms with E-state index in [0.717, 1.165) is 16.8 Å². The van der Waals surface area contributed by atoms with E-state index in [9.17, 15) is 4.79 Å². The molecule has 3 atom stereocenters. The van der Waals surface area contributed by atoms with Crippen molar-refractivity contribution in [2.75, 3.05) is 6.61 Å². The fourth-order valence-corrected chi connectivity index (χ4v) is 3.58. The first-order valence-electron chi connectivity index (χ1n) is 10.3. The maximum atomic E-state index is 13.0. The highest BCUT2D eigenvalue weighted by atomic mass is 35.5. The van der Waals surface area contributed by atoms with Gasteiger partial charge in [-0.05, 0) is 13.8 Å². The predicted molar refractivity (Wildman–Crippen MR) is 124 cm³/mol. The van der Waals surface area contributed by atoms with Gasteiger partial charge in [0.25, 0.3) is 0 Å². The van der Waals surface area contributed by atoms with Crippen LogP contribution in [-0.2, 0) is 9.53 Å². The summed E-state index contributed by atoms with van der Waals surface area (Å²) in [5.74, 6) is -0.787. The second-order valence-electron chi connectivity index (χ2n) is 7.14. The van der Waals surface area contributed by atoms with Crippen LogP contribution < -0.4 is 0 Å². The number of hydrogen-bond donors (Lipinski definition) is 0. The van der Waals surface area contributed by atoms with Gasteiger partial charge >= 0.3 is 5.97 Å². The molecule has 6 heteroatoms. The van der Waals surface area contributed by atoms with Crippen LogP contribution in [0, 0.1) is 0 Å². The van der Waals surface area contributed by atoms with Gasteiger partial charge in [-0.2, -0.15) is 0 Å². The molecule has 31 heavy (non-hydrogen) atoms. The number of esters is 1. The van der Waals surface area contributed by atoms with Gasteiger partial charge < -0.3 is 4.74 Å². The van der Waals surface area contributed by atoms with Crippen LogP contribution in [0.2, 0.25) is 0 Å². The number of benzene rings is 2. The number of alkyl halides is 1. The quantitative estimate of drug-likeness (QED) is 0.272. The Hall–Kier alpha value is -3.05. The van der Waals surface area contributed by atoms with E-state index in [-0.39, 0.29) is 17.9 Å². The Bertz CT molecular complexity index is 982. The summed E-state index contributed by atoms with van der Waals surface area (Å²) < 4.78 is 5.39. The normalized spacial score (nSPS) is 13.7. The standard InChI is InChI=1S/C25H26ClN3O2/c1-4-31-25(30)22(17(2)21-23(18(3)26)28-16-15-27-21)29-24(19-11-7-5-8-12-19)20-13-9-6-10-14-20/h5-18,22H,4H2,1-3H3. The molecule has 2 aromatic carbocycles. The predicted octanol–water partition coefficient (Wildman–Crippen LogP) is 5.35. The Balaban J connectivity index is 2.15. The second kappa shape index (κ2) is 10.8. The Morgan fingerprint density at radius 2 is 1.45 bits per heavy atom. The number of nitrogens with zero attached hydrogens (tertiary/aromatic N) is 3. The first kappa shape index (κ1) is 22.6. The highest BCUT2D eigenvalue weighted by Crippen LogP contribution is 2.29. The van der Waals surface area contributed by atoms with E-state index in [1.54, 1.807) is 19.3 Å². The fraction of sp³-hybridized carbons (Fsp3) is 0.280. The lowest BCUT2D eigenvalue weighted by molar-refractivity contribution is -0.145. The first-order chi connectivity index (χ1) is 15.0. The Labute approximate surface area is 188 Å². The van der Waals surface area contributed by atoms with Gasteiger partial charge in [0.2, 0.25) is 0 Å². The third-order valence-corrected chi connectivity index (χ3v) is 5.14. The Morgan fingerprint density at radius 3 is 1.94 bits per heavy atom. The van der Waals surface area contributed by atoms with Gasteiger partial charge in [-0.25, -0.2) is 4.79 Å². The Kier molecular flexibility index (Phi) is 7.90. The average molecular weight is 436 g/mol. The molecule has 0 aliphatic rings. The lowest BCUT2D eigenvalue weighted by atomic mass is 9.94. The summed E-state index contributed by atoms with van der Waals surface area (Å²) in [6.07, 6.45) is 3.21. The molecule has 0 saturated heterocycles. The number of aromatic nitrogens is 2. The molecule has 0 N–H and O–H groups in total. The van der Waals surface area contributed by atoms with Gasteiger partial charge in [-0.15, -0.1) is 11.6 Å². The van der Waals surface area contributed by atoms with E-state index in [1.807, 2.05) is 74.5 Å². The maximum absolute atomic E-state index is 13.0. The van der Waals surface area contributed by atoms with Crippen molar-refractivity contribution >= 4 is 23.3 Å². The highest BCUT2D eigenvalue weighted by Gasteiger charge is 2.31. The van der Waals surface area contributed by atoms with Crippen LogP contribution in [0.15, 0.2) is 78.0 Å². The van der Waals surface area contributed by atoms with Gasteiger partial charge in [-0.1, -0.05) is 67.6 Å². The van der Waals surface area contributed by atoms with E-state index in [1.165, 1.54) is 0 Å². The molecule has 3 aromatic rings. The number of rotatable bonds is 8. The minimum absolute atomic E-state index is 0.267. The number of halogens is 1. The zero-order chi connectivity index (χ0) is 22.2. The lowest BCUT2D eigenvalue weighted by Gasteiger charge is -2.22. The molecule has 3 rings (SSSR count). The average Bonchev–Trinajstić information content (AvgIpc) is 2.80. The van der Waals surface area contributed by atoms with E-state index < -0.39 is 12.0 Å². The van der Waals surface area contributed by atoms with Crippen LogP contribution >= 0.6 is 11.6 Å². The van der Waals surface area contributed by atoms with E-state index in [4.69, 9.17) is 21.3 Å². The van der Waals surface area contributed by atoms with Gasteiger partial charge in [0.05, 0.1) is 29.1 Å².